The number of hydrogen-bond acceptors (Lipinski definition) is 8. The molecule has 1 fully saturated rings. The van der Waals surface area contributed by atoms with Gasteiger partial charge in [-0.25, -0.2) is 4.98 Å². The van der Waals surface area contributed by atoms with Crippen LogP contribution in [0.15, 0.2) is 52.9 Å². The van der Waals surface area contributed by atoms with Crippen molar-refractivity contribution in [3.8, 4) is 5.75 Å². The number of aromatic nitrogens is 3. The number of carbonyl (C=O) groups excluding carboxylic acids is 1. The molecule has 1 saturated heterocycles. The lowest BCUT2D eigenvalue weighted by Crippen LogP contribution is -2.56. The molecule has 4 aromatic rings. The summed E-state index contributed by atoms with van der Waals surface area (Å²) >= 11 is 11.0. The fourth-order valence-electron chi connectivity index (χ4n) is 3.22. The van der Waals surface area contributed by atoms with E-state index in [1.165, 1.54) is 16.0 Å². The number of alkyl halides is 1. The molecule has 6 nitrogen and oxygen atoms in total. The lowest BCUT2D eigenvalue weighted by Gasteiger charge is -2.42. The average molecular weight is 475 g/mol. The molecule has 2 atom stereocenters. The second-order valence-electron chi connectivity index (χ2n) is 6.54. The summed E-state index contributed by atoms with van der Waals surface area (Å²) in [6.45, 7) is 0. The van der Waals surface area contributed by atoms with E-state index in [1.807, 2.05) is 42.5 Å². The lowest BCUT2D eigenvalue weighted by molar-refractivity contribution is -0.123. The molecule has 0 spiro atoms. The topological polar surface area (TPSA) is 68.2 Å². The molecule has 2 unspecified atom stereocenters. The van der Waals surface area contributed by atoms with Crippen LogP contribution < -0.4 is 9.64 Å². The van der Waals surface area contributed by atoms with E-state index in [2.05, 4.69) is 21.2 Å². The second-order valence-corrected chi connectivity index (χ2v) is 10.3. The molecule has 0 aliphatic carbocycles. The van der Waals surface area contributed by atoms with Crippen molar-refractivity contribution < 1.29 is 9.53 Å². The highest BCUT2D eigenvalue weighted by atomic mass is 35.5. The number of carbonyl (C=O) groups is 1. The van der Waals surface area contributed by atoms with Crippen LogP contribution in [0.4, 0.5) is 5.13 Å². The third kappa shape index (κ3) is 3.56. The Labute approximate surface area is 189 Å². The van der Waals surface area contributed by atoms with Crippen LogP contribution in [0.1, 0.15) is 16.6 Å². The molecular weight excluding hydrogens is 460 g/mol. The Morgan fingerprint density at radius 2 is 1.93 bits per heavy atom. The molecule has 3 heterocycles. The molecule has 1 aliphatic heterocycles. The van der Waals surface area contributed by atoms with Crippen LogP contribution >= 0.6 is 46.0 Å². The quantitative estimate of drug-likeness (QED) is 0.219. The van der Waals surface area contributed by atoms with Crippen LogP contribution in [0.5, 0.6) is 5.75 Å². The Bertz CT molecular complexity index is 1180. The van der Waals surface area contributed by atoms with Gasteiger partial charge in [-0.05, 0) is 29.8 Å². The number of fused-ring (bicyclic) bond motifs is 1. The van der Waals surface area contributed by atoms with E-state index in [0.29, 0.717) is 10.9 Å². The van der Waals surface area contributed by atoms with Gasteiger partial charge in [-0.15, -0.1) is 33.1 Å². The minimum atomic E-state index is -0.608. The summed E-state index contributed by atoms with van der Waals surface area (Å²) in [5.41, 5.74) is 1.95. The zero-order valence-electron chi connectivity index (χ0n) is 15.7. The van der Waals surface area contributed by atoms with E-state index in [1.54, 1.807) is 35.1 Å². The summed E-state index contributed by atoms with van der Waals surface area (Å²) in [6, 6.07) is 15.4. The van der Waals surface area contributed by atoms with E-state index in [-0.39, 0.29) is 11.9 Å². The maximum atomic E-state index is 12.5. The van der Waals surface area contributed by atoms with Gasteiger partial charge in [-0.1, -0.05) is 47.4 Å². The van der Waals surface area contributed by atoms with Gasteiger partial charge in [0, 0.05) is 0 Å². The number of β-lactam (4-membered cyclic amide) rings is 1. The molecule has 10 heteroatoms. The highest BCUT2D eigenvalue weighted by molar-refractivity contribution is 8.00. The van der Waals surface area contributed by atoms with Crippen molar-refractivity contribution in [3.05, 3.63) is 59.1 Å². The molecule has 1 aliphatic rings. The van der Waals surface area contributed by atoms with Crippen LogP contribution in [0.25, 0.3) is 10.2 Å². The summed E-state index contributed by atoms with van der Waals surface area (Å²) in [7, 11) is 1.62. The van der Waals surface area contributed by atoms with Gasteiger partial charge in [-0.3, -0.25) is 9.69 Å². The standard InChI is InChI=1S/C20H15ClN4O2S3/c1-27-12-8-6-11(7-9-12)17-16(21)18(26)25(17)19-24-23-15(30-19)10-28-20-22-13-4-2-3-5-14(13)29-20/h2-9,16-17H,10H2,1H3. The fourth-order valence-corrected chi connectivity index (χ4v) is 6.52. The molecule has 0 saturated carbocycles. The third-order valence-electron chi connectivity index (χ3n) is 4.74. The number of thioether (sulfide) groups is 1. The smallest absolute Gasteiger partial charge is 0.250 e. The number of para-hydroxylation sites is 1. The number of anilines is 1. The molecule has 1 amide bonds. The maximum Gasteiger partial charge on any atom is 0.250 e. The van der Waals surface area contributed by atoms with Gasteiger partial charge in [0.05, 0.1) is 29.1 Å². The van der Waals surface area contributed by atoms with E-state index in [9.17, 15) is 4.79 Å². The normalized spacial score (nSPS) is 18.6. The number of methoxy groups -OCH3 is 1. The summed E-state index contributed by atoms with van der Waals surface area (Å²) in [4.78, 5) is 18.7. The highest BCUT2D eigenvalue weighted by Crippen LogP contribution is 2.44. The molecule has 0 bridgehead atoms. The van der Waals surface area contributed by atoms with Gasteiger partial charge in [0.15, 0.2) is 4.34 Å². The molecule has 0 radical (unpaired) electrons. The number of amides is 1. The summed E-state index contributed by atoms with van der Waals surface area (Å²) in [6.07, 6.45) is 0. The number of ether oxygens (including phenoxy) is 1. The van der Waals surface area contributed by atoms with E-state index < -0.39 is 5.38 Å². The lowest BCUT2D eigenvalue weighted by atomic mass is 9.94. The van der Waals surface area contributed by atoms with Crippen molar-refractivity contribution in [3.63, 3.8) is 0 Å². The summed E-state index contributed by atoms with van der Waals surface area (Å²) in [5, 5.41) is 9.32. The Morgan fingerprint density at radius 3 is 2.70 bits per heavy atom. The van der Waals surface area contributed by atoms with Gasteiger partial charge < -0.3 is 4.74 Å². The monoisotopic (exact) mass is 474 g/mol. The van der Waals surface area contributed by atoms with E-state index in [0.717, 1.165) is 26.2 Å². The first kappa shape index (κ1) is 19.7. The first-order chi connectivity index (χ1) is 14.6. The molecule has 2 aromatic heterocycles. The van der Waals surface area contributed by atoms with Crippen LogP contribution in [-0.2, 0) is 10.5 Å². The number of hydrogen-bond donors (Lipinski definition) is 0. The molecule has 0 N–H and O–H groups in total. The molecule has 2 aromatic carbocycles. The van der Waals surface area contributed by atoms with Crippen molar-refractivity contribution in [2.75, 3.05) is 12.0 Å². The number of thiazole rings is 1. The predicted octanol–water partition coefficient (Wildman–Crippen LogP) is 5.14. The highest BCUT2D eigenvalue weighted by Gasteiger charge is 2.49. The largest absolute Gasteiger partial charge is 0.497 e. The maximum absolute atomic E-state index is 12.5. The predicted molar refractivity (Wildman–Crippen MR) is 122 cm³/mol. The second kappa shape index (κ2) is 8.14. The summed E-state index contributed by atoms with van der Waals surface area (Å²) in [5.74, 6) is 1.25. The first-order valence-corrected chi connectivity index (χ1v) is 12.1. The van der Waals surface area contributed by atoms with Gasteiger partial charge >= 0.3 is 0 Å². The van der Waals surface area contributed by atoms with Crippen LogP contribution in [0, 0.1) is 0 Å². The Hall–Kier alpha value is -2.20. The zero-order chi connectivity index (χ0) is 20.7. The van der Waals surface area contributed by atoms with Gasteiger partial charge in [0.1, 0.15) is 16.1 Å². The first-order valence-electron chi connectivity index (χ1n) is 9.06. The van der Waals surface area contributed by atoms with Crippen LogP contribution in [0.2, 0.25) is 0 Å². The fraction of sp³-hybridized carbons (Fsp3) is 0.200. The summed E-state index contributed by atoms with van der Waals surface area (Å²) < 4.78 is 7.36. The van der Waals surface area contributed by atoms with Crippen molar-refractivity contribution in [1.29, 1.82) is 0 Å². The number of halogens is 1. The van der Waals surface area contributed by atoms with Crippen molar-refractivity contribution in [2.45, 2.75) is 21.5 Å². The minimum absolute atomic E-state index is 0.154. The number of nitrogens with zero attached hydrogens (tertiary/aromatic N) is 4. The zero-order valence-corrected chi connectivity index (χ0v) is 18.9. The Morgan fingerprint density at radius 1 is 1.13 bits per heavy atom. The Kier molecular flexibility index (Phi) is 5.36. The molecule has 5 rings (SSSR count). The van der Waals surface area contributed by atoms with Crippen molar-refractivity contribution in [2.24, 2.45) is 0 Å². The van der Waals surface area contributed by atoms with E-state index >= 15 is 0 Å². The molecule has 152 valence electrons. The third-order valence-corrected chi connectivity index (χ3v) is 8.46. The van der Waals surface area contributed by atoms with Crippen molar-refractivity contribution in [1.82, 2.24) is 15.2 Å². The van der Waals surface area contributed by atoms with Gasteiger partial charge in [0.2, 0.25) is 11.0 Å². The molecule has 30 heavy (non-hydrogen) atoms. The van der Waals surface area contributed by atoms with Crippen LogP contribution in [0.3, 0.4) is 0 Å². The van der Waals surface area contributed by atoms with E-state index in [4.69, 9.17) is 16.3 Å². The SMILES string of the molecule is COc1ccc(C2C(Cl)C(=O)N2c2nnc(CSc3nc4ccccc4s3)s2)cc1. The van der Waals surface area contributed by atoms with Crippen molar-refractivity contribution >= 4 is 67.3 Å². The molecular formula is C20H15ClN4O2S3. The Balaban J connectivity index is 1.31. The average Bonchev–Trinajstić information content (AvgIpc) is 3.41. The minimum Gasteiger partial charge on any atom is -0.497 e. The van der Waals surface area contributed by atoms with Crippen LogP contribution in [-0.4, -0.2) is 33.6 Å². The van der Waals surface area contributed by atoms with Gasteiger partial charge in [-0.2, -0.15) is 0 Å². The number of rotatable bonds is 6. The number of benzene rings is 2. The van der Waals surface area contributed by atoms with Gasteiger partial charge in [0.25, 0.3) is 0 Å².